The number of aliphatic hydroxyl groups excluding tert-OH is 1. The fourth-order valence-corrected chi connectivity index (χ4v) is 1.04. The molecule has 1 rings (SSSR count). The lowest BCUT2D eigenvalue weighted by Gasteiger charge is -2.11. The third-order valence-corrected chi connectivity index (χ3v) is 1.81. The van der Waals surface area contributed by atoms with Gasteiger partial charge in [-0.1, -0.05) is 19.1 Å². The second-order valence-corrected chi connectivity index (χ2v) is 2.84. The molecule has 0 spiro atoms. The maximum Gasteiger partial charge on any atom is 0.292 e. The summed E-state index contributed by atoms with van der Waals surface area (Å²) in [5.74, 6) is 0. The van der Waals surface area contributed by atoms with Gasteiger partial charge in [0.05, 0.1) is 4.92 Å². The minimum absolute atomic E-state index is 0.0278. The van der Waals surface area contributed by atoms with E-state index >= 15 is 0 Å². The normalized spacial score (nSPS) is 12.1. The van der Waals surface area contributed by atoms with Crippen LogP contribution in [0.3, 0.4) is 0 Å². The third kappa shape index (κ3) is 2.43. The zero-order chi connectivity index (χ0) is 10.6. The summed E-state index contributed by atoms with van der Waals surface area (Å²) in [4.78, 5) is 10.1. The van der Waals surface area contributed by atoms with E-state index in [4.69, 9.17) is 0 Å². The highest BCUT2D eigenvalue weighted by molar-refractivity contribution is 5.61. The quantitative estimate of drug-likeness (QED) is 0.437. The van der Waals surface area contributed by atoms with Crippen molar-refractivity contribution in [3.63, 3.8) is 0 Å². The Morgan fingerprint density at radius 3 is 2.79 bits per heavy atom. The number of aliphatic hydroxyl groups is 1. The van der Waals surface area contributed by atoms with Crippen LogP contribution in [0, 0.1) is 10.1 Å². The molecule has 0 amide bonds. The van der Waals surface area contributed by atoms with Gasteiger partial charge in [-0.25, -0.2) is 0 Å². The number of para-hydroxylation sites is 2. The number of hydrogen-bond acceptors (Lipinski definition) is 4. The summed E-state index contributed by atoms with van der Waals surface area (Å²) >= 11 is 0. The molecule has 0 bridgehead atoms. The highest BCUT2D eigenvalue weighted by atomic mass is 16.6. The molecule has 0 aliphatic heterocycles. The Hall–Kier alpha value is -1.62. The fourth-order valence-electron chi connectivity index (χ4n) is 1.04. The Morgan fingerprint density at radius 1 is 1.57 bits per heavy atom. The van der Waals surface area contributed by atoms with Crippen molar-refractivity contribution in [3.8, 4) is 0 Å². The number of nitrogens with one attached hydrogen (secondary N) is 1. The van der Waals surface area contributed by atoms with Gasteiger partial charge in [0.25, 0.3) is 5.69 Å². The zero-order valence-electron chi connectivity index (χ0n) is 7.80. The summed E-state index contributed by atoms with van der Waals surface area (Å²) in [6.07, 6.45) is -0.261. The van der Waals surface area contributed by atoms with Crippen LogP contribution in [-0.4, -0.2) is 16.3 Å². The number of rotatable bonds is 4. The first-order valence-electron chi connectivity index (χ1n) is 4.33. The van der Waals surface area contributed by atoms with Gasteiger partial charge >= 0.3 is 0 Å². The van der Waals surface area contributed by atoms with Crippen molar-refractivity contribution in [2.45, 2.75) is 19.6 Å². The average molecular weight is 196 g/mol. The molecule has 0 radical (unpaired) electrons. The minimum Gasteiger partial charge on any atom is -0.374 e. The molecule has 1 unspecified atom stereocenters. The van der Waals surface area contributed by atoms with Crippen LogP contribution in [0.15, 0.2) is 24.3 Å². The van der Waals surface area contributed by atoms with Crippen LogP contribution in [0.5, 0.6) is 0 Å². The molecule has 0 saturated heterocycles. The molecule has 2 N–H and O–H groups in total. The minimum atomic E-state index is -0.754. The van der Waals surface area contributed by atoms with Crippen molar-refractivity contribution in [1.82, 2.24) is 0 Å². The van der Waals surface area contributed by atoms with Crippen molar-refractivity contribution < 1.29 is 10.0 Å². The van der Waals surface area contributed by atoms with Crippen molar-refractivity contribution in [2.24, 2.45) is 0 Å². The van der Waals surface area contributed by atoms with Crippen molar-refractivity contribution in [3.05, 3.63) is 34.4 Å². The largest absolute Gasteiger partial charge is 0.374 e. The predicted molar refractivity (Wildman–Crippen MR) is 53.0 cm³/mol. The summed E-state index contributed by atoms with van der Waals surface area (Å²) in [6.45, 7) is 1.78. The van der Waals surface area contributed by atoms with Gasteiger partial charge in [0.1, 0.15) is 11.9 Å². The van der Waals surface area contributed by atoms with Crippen LogP contribution in [-0.2, 0) is 0 Å². The number of nitro groups is 1. The van der Waals surface area contributed by atoms with E-state index in [1.807, 2.05) is 0 Å². The summed E-state index contributed by atoms with van der Waals surface area (Å²) < 4.78 is 0. The van der Waals surface area contributed by atoms with E-state index in [0.717, 1.165) is 0 Å². The molecule has 5 heteroatoms. The van der Waals surface area contributed by atoms with Crippen LogP contribution in [0.25, 0.3) is 0 Å². The summed E-state index contributed by atoms with van der Waals surface area (Å²) in [5.41, 5.74) is 0.312. The molecule has 1 aromatic rings. The van der Waals surface area contributed by atoms with E-state index in [1.54, 1.807) is 25.1 Å². The summed E-state index contributed by atoms with van der Waals surface area (Å²) in [5, 5.41) is 22.5. The number of hydrogen-bond donors (Lipinski definition) is 2. The van der Waals surface area contributed by atoms with Crippen LogP contribution in [0.4, 0.5) is 11.4 Å². The molecule has 5 nitrogen and oxygen atoms in total. The van der Waals surface area contributed by atoms with E-state index in [-0.39, 0.29) is 5.69 Å². The van der Waals surface area contributed by atoms with Gasteiger partial charge in [0.2, 0.25) is 0 Å². The monoisotopic (exact) mass is 196 g/mol. The standard InChI is InChI=1S/C9H12N2O3/c1-2-9(12)10-7-5-3-4-6-8(7)11(13)14/h3-6,9-10,12H,2H2,1H3. The van der Waals surface area contributed by atoms with Gasteiger partial charge in [0, 0.05) is 6.07 Å². The molecule has 76 valence electrons. The Morgan fingerprint density at radius 2 is 2.21 bits per heavy atom. The van der Waals surface area contributed by atoms with Gasteiger partial charge < -0.3 is 10.4 Å². The predicted octanol–water partition coefficient (Wildman–Crippen LogP) is 1.74. The summed E-state index contributed by atoms with van der Waals surface area (Å²) in [7, 11) is 0. The van der Waals surface area contributed by atoms with E-state index in [0.29, 0.717) is 12.1 Å². The van der Waals surface area contributed by atoms with Crippen LogP contribution in [0.1, 0.15) is 13.3 Å². The first kappa shape index (κ1) is 10.5. The molecular formula is C9H12N2O3. The molecule has 0 heterocycles. The van der Waals surface area contributed by atoms with Gasteiger partial charge in [0.15, 0.2) is 0 Å². The van der Waals surface area contributed by atoms with E-state index < -0.39 is 11.2 Å². The number of benzene rings is 1. The topological polar surface area (TPSA) is 75.4 Å². The van der Waals surface area contributed by atoms with Crippen molar-refractivity contribution in [2.75, 3.05) is 5.32 Å². The molecule has 0 fully saturated rings. The average Bonchev–Trinajstić information content (AvgIpc) is 2.18. The molecule has 0 aromatic heterocycles. The lowest BCUT2D eigenvalue weighted by Crippen LogP contribution is -2.17. The lowest BCUT2D eigenvalue weighted by atomic mass is 10.2. The molecule has 0 aliphatic carbocycles. The fraction of sp³-hybridized carbons (Fsp3) is 0.333. The second-order valence-electron chi connectivity index (χ2n) is 2.84. The number of nitrogens with zero attached hydrogens (tertiary/aromatic N) is 1. The van der Waals surface area contributed by atoms with Crippen molar-refractivity contribution >= 4 is 11.4 Å². The van der Waals surface area contributed by atoms with Crippen LogP contribution in [0.2, 0.25) is 0 Å². The van der Waals surface area contributed by atoms with E-state index in [9.17, 15) is 15.2 Å². The molecule has 1 aromatic carbocycles. The Kier molecular flexibility index (Phi) is 3.41. The molecule has 14 heavy (non-hydrogen) atoms. The lowest BCUT2D eigenvalue weighted by molar-refractivity contribution is -0.384. The van der Waals surface area contributed by atoms with Gasteiger partial charge in [-0.2, -0.15) is 0 Å². The molecule has 0 aliphatic rings. The third-order valence-electron chi connectivity index (χ3n) is 1.81. The highest BCUT2D eigenvalue weighted by Crippen LogP contribution is 2.23. The summed E-state index contributed by atoms with van der Waals surface area (Å²) in [6, 6.07) is 6.22. The van der Waals surface area contributed by atoms with E-state index in [2.05, 4.69) is 5.32 Å². The SMILES string of the molecule is CCC(O)Nc1ccccc1[N+](=O)[O-]. The van der Waals surface area contributed by atoms with Crippen LogP contribution < -0.4 is 5.32 Å². The first-order chi connectivity index (χ1) is 6.65. The maximum atomic E-state index is 10.6. The maximum absolute atomic E-state index is 10.6. The van der Waals surface area contributed by atoms with Gasteiger partial charge in [-0.05, 0) is 12.5 Å². The highest BCUT2D eigenvalue weighted by Gasteiger charge is 2.13. The van der Waals surface area contributed by atoms with Crippen molar-refractivity contribution in [1.29, 1.82) is 0 Å². The Bertz CT molecular complexity index is 328. The smallest absolute Gasteiger partial charge is 0.292 e. The first-order valence-corrected chi connectivity index (χ1v) is 4.33. The molecule has 0 saturated carbocycles. The van der Waals surface area contributed by atoms with Gasteiger partial charge in [-0.15, -0.1) is 0 Å². The van der Waals surface area contributed by atoms with E-state index in [1.165, 1.54) is 6.07 Å². The van der Waals surface area contributed by atoms with Gasteiger partial charge in [-0.3, -0.25) is 10.1 Å². The zero-order valence-corrected chi connectivity index (χ0v) is 7.80. The molecular weight excluding hydrogens is 184 g/mol. The number of anilines is 1. The Balaban J connectivity index is 2.90. The van der Waals surface area contributed by atoms with Crippen LogP contribution >= 0.6 is 0 Å². The molecule has 1 atom stereocenters. The second kappa shape index (κ2) is 4.57. The Labute approximate surface area is 81.5 Å². The number of nitro benzene ring substituents is 1.